The van der Waals surface area contributed by atoms with Crippen LogP contribution in [0.1, 0.15) is 18.1 Å². The van der Waals surface area contributed by atoms with Crippen molar-refractivity contribution in [3.05, 3.63) is 90.5 Å². The van der Waals surface area contributed by atoms with E-state index < -0.39 is 20.7 Å². The smallest absolute Gasteiger partial charge is 0.191 e. The molecule has 0 amide bonds. The number of hydrogen-bond donors (Lipinski definition) is 1. The van der Waals surface area contributed by atoms with Crippen molar-refractivity contribution in [2.45, 2.75) is 22.2 Å². The van der Waals surface area contributed by atoms with Crippen LogP contribution in [0.4, 0.5) is 0 Å². The Bertz CT molecular complexity index is 932. The Morgan fingerprint density at radius 2 is 1.60 bits per heavy atom. The Morgan fingerprint density at radius 1 is 1.00 bits per heavy atom. The summed E-state index contributed by atoms with van der Waals surface area (Å²) >= 11 is 0. The number of hydrogen-bond acceptors (Lipinski definition) is 3. The van der Waals surface area contributed by atoms with Crippen LogP contribution in [0.5, 0.6) is 0 Å². The van der Waals surface area contributed by atoms with E-state index >= 15 is 0 Å². The molecule has 2 bridgehead atoms. The van der Waals surface area contributed by atoms with Gasteiger partial charge in [0.25, 0.3) is 0 Å². The molecule has 1 saturated carbocycles. The summed E-state index contributed by atoms with van der Waals surface area (Å²) in [6, 6.07) is 17.4. The third kappa shape index (κ3) is 2.11. The Labute approximate surface area is 148 Å². The van der Waals surface area contributed by atoms with E-state index in [1.54, 1.807) is 42.5 Å². The summed E-state index contributed by atoms with van der Waals surface area (Å²) < 4.78 is 26.0. The molecule has 4 heteroatoms. The van der Waals surface area contributed by atoms with Crippen molar-refractivity contribution < 1.29 is 13.5 Å². The molecule has 2 aliphatic rings. The summed E-state index contributed by atoms with van der Waals surface area (Å²) in [6.45, 7) is 4.14. The molecule has 0 aliphatic heterocycles. The Balaban J connectivity index is 1.96. The van der Waals surface area contributed by atoms with Crippen molar-refractivity contribution in [3.8, 4) is 0 Å². The van der Waals surface area contributed by atoms with E-state index in [2.05, 4.69) is 6.58 Å². The van der Waals surface area contributed by atoms with Gasteiger partial charge < -0.3 is 5.11 Å². The summed E-state index contributed by atoms with van der Waals surface area (Å²) in [4.78, 5) is 0.229. The zero-order valence-corrected chi connectivity index (χ0v) is 14.6. The quantitative estimate of drug-likeness (QED) is 0.854. The number of rotatable bonds is 4. The number of aliphatic hydroxyl groups is 1. The lowest BCUT2D eigenvalue weighted by Gasteiger charge is -2.40. The second-order valence-corrected chi connectivity index (χ2v) is 8.94. The molecule has 0 heterocycles. The third-order valence-corrected chi connectivity index (χ3v) is 8.17. The molecule has 128 valence electrons. The lowest BCUT2D eigenvalue weighted by Crippen LogP contribution is -2.49. The number of allylic oxidation sites excluding steroid dienone is 2. The largest absolute Gasteiger partial charge is 0.386 e. The highest BCUT2D eigenvalue weighted by atomic mass is 32.2. The molecule has 1 fully saturated rings. The van der Waals surface area contributed by atoms with E-state index in [-0.39, 0.29) is 16.7 Å². The van der Waals surface area contributed by atoms with Gasteiger partial charge in [-0.2, -0.15) is 0 Å². The zero-order chi connectivity index (χ0) is 17.7. The van der Waals surface area contributed by atoms with E-state index in [4.69, 9.17) is 0 Å². The van der Waals surface area contributed by atoms with Crippen LogP contribution in [-0.4, -0.2) is 18.3 Å². The molecule has 0 radical (unpaired) electrons. The van der Waals surface area contributed by atoms with Crippen LogP contribution in [0.3, 0.4) is 0 Å². The average molecular weight is 352 g/mol. The Kier molecular flexibility index (Phi) is 3.71. The number of aliphatic hydroxyl groups excluding tert-OH is 1. The molecule has 4 rings (SSSR count). The van der Waals surface area contributed by atoms with Gasteiger partial charge in [-0.3, -0.25) is 0 Å². The fourth-order valence-corrected chi connectivity index (χ4v) is 6.78. The summed E-state index contributed by atoms with van der Waals surface area (Å²) in [5.41, 5.74) is 1.20. The van der Waals surface area contributed by atoms with Crippen molar-refractivity contribution in [3.63, 3.8) is 0 Å². The van der Waals surface area contributed by atoms with Crippen molar-refractivity contribution in [2.24, 2.45) is 11.8 Å². The summed E-state index contributed by atoms with van der Waals surface area (Å²) in [7, 11) is -3.83. The van der Waals surface area contributed by atoms with E-state index in [0.717, 1.165) is 0 Å². The van der Waals surface area contributed by atoms with Crippen LogP contribution in [0.25, 0.3) is 0 Å². The minimum Gasteiger partial charge on any atom is -0.386 e. The SMILES string of the molecule is C=C1[C@H]2C=C[C@H](C2)[C@@]1(C(O)c1ccccc1)S(=O)(=O)c1ccccc1. The van der Waals surface area contributed by atoms with Gasteiger partial charge in [-0.25, -0.2) is 8.42 Å². The van der Waals surface area contributed by atoms with Crippen LogP contribution < -0.4 is 0 Å². The first kappa shape index (κ1) is 16.3. The van der Waals surface area contributed by atoms with Crippen molar-refractivity contribution in [1.29, 1.82) is 0 Å². The van der Waals surface area contributed by atoms with Crippen LogP contribution in [0.15, 0.2) is 89.9 Å². The highest BCUT2D eigenvalue weighted by Gasteiger charge is 2.63. The second kappa shape index (κ2) is 5.68. The van der Waals surface area contributed by atoms with Gasteiger partial charge in [-0.15, -0.1) is 0 Å². The first-order valence-corrected chi connectivity index (χ1v) is 9.88. The van der Waals surface area contributed by atoms with Crippen LogP contribution in [0.2, 0.25) is 0 Å². The number of sulfone groups is 1. The maximum atomic E-state index is 13.7. The predicted octanol–water partition coefficient (Wildman–Crippen LogP) is 3.69. The van der Waals surface area contributed by atoms with Gasteiger partial charge in [0.05, 0.1) is 4.90 Å². The zero-order valence-electron chi connectivity index (χ0n) is 13.7. The second-order valence-electron chi connectivity index (χ2n) is 6.78. The number of benzene rings is 2. The van der Waals surface area contributed by atoms with Crippen LogP contribution in [0, 0.1) is 11.8 Å². The topological polar surface area (TPSA) is 54.4 Å². The van der Waals surface area contributed by atoms with Gasteiger partial charge in [-0.05, 0) is 35.6 Å². The molecule has 2 aromatic carbocycles. The predicted molar refractivity (Wildman–Crippen MR) is 97.6 cm³/mol. The molecule has 2 aliphatic carbocycles. The summed E-state index contributed by atoms with van der Waals surface area (Å²) in [5.74, 6) is -0.271. The number of fused-ring (bicyclic) bond motifs is 2. The molecule has 25 heavy (non-hydrogen) atoms. The lowest BCUT2D eigenvalue weighted by molar-refractivity contribution is 0.127. The van der Waals surface area contributed by atoms with E-state index in [9.17, 15) is 13.5 Å². The first-order valence-electron chi connectivity index (χ1n) is 8.40. The van der Waals surface area contributed by atoms with E-state index in [0.29, 0.717) is 17.6 Å². The standard InChI is InChI=1S/C21H20O3S/c1-15-17-12-13-18(14-17)21(15,20(22)16-8-4-2-5-9-16)25(23,24)19-10-6-3-7-11-19/h2-13,17-18,20,22H,1,14H2/t17-,18+,20?,21-/m0/s1. The van der Waals surface area contributed by atoms with E-state index in [1.807, 2.05) is 30.4 Å². The monoisotopic (exact) mass is 352 g/mol. The maximum absolute atomic E-state index is 13.7. The fraction of sp³-hybridized carbons (Fsp3) is 0.238. The molecule has 1 unspecified atom stereocenters. The van der Waals surface area contributed by atoms with Gasteiger partial charge in [0, 0.05) is 5.92 Å². The normalized spacial score (nSPS) is 29.1. The molecular weight excluding hydrogens is 332 g/mol. The molecule has 0 aromatic heterocycles. The van der Waals surface area contributed by atoms with Gasteiger partial charge in [-0.1, -0.05) is 67.3 Å². The minimum atomic E-state index is -3.83. The van der Waals surface area contributed by atoms with Gasteiger partial charge >= 0.3 is 0 Å². The molecule has 0 saturated heterocycles. The minimum absolute atomic E-state index is 0.00171. The van der Waals surface area contributed by atoms with Crippen LogP contribution in [-0.2, 0) is 9.84 Å². The maximum Gasteiger partial charge on any atom is 0.191 e. The van der Waals surface area contributed by atoms with Gasteiger partial charge in [0.1, 0.15) is 10.9 Å². The molecule has 1 N–H and O–H groups in total. The fourth-order valence-electron chi connectivity index (χ4n) is 4.38. The molecule has 0 spiro atoms. The average Bonchev–Trinajstić information content (AvgIpc) is 3.23. The highest BCUT2D eigenvalue weighted by Crippen LogP contribution is 2.60. The highest BCUT2D eigenvalue weighted by molar-refractivity contribution is 7.93. The Hall–Kier alpha value is -2.17. The van der Waals surface area contributed by atoms with Crippen molar-refractivity contribution >= 4 is 9.84 Å². The van der Waals surface area contributed by atoms with Gasteiger partial charge in [0.2, 0.25) is 0 Å². The molecule has 2 aromatic rings. The Morgan fingerprint density at radius 3 is 2.16 bits per heavy atom. The van der Waals surface area contributed by atoms with Crippen molar-refractivity contribution in [2.75, 3.05) is 0 Å². The lowest BCUT2D eigenvalue weighted by atomic mass is 9.81. The summed E-state index contributed by atoms with van der Waals surface area (Å²) in [6.07, 6.45) is 3.48. The van der Waals surface area contributed by atoms with E-state index in [1.165, 1.54) is 0 Å². The summed E-state index contributed by atoms with van der Waals surface area (Å²) in [5, 5.41) is 11.3. The third-order valence-electron chi connectivity index (χ3n) is 5.60. The van der Waals surface area contributed by atoms with Crippen LogP contribution >= 0.6 is 0 Å². The molecular formula is C21H20O3S. The van der Waals surface area contributed by atoms with Gasteiger partial charge in [0.15, 0.2) is 9.84 Å². The van der Waals surface area contributed by atoms with Crippen molar-refractivity contribution in [1.82, 2.24) is 0 Å². The first-order chi connectivity index (χ1) is 12.0. The molecule has 4 atom stereocenters. The molecule has 3 nitrogen and oxygen atoms in total.